The molecule has 0 saturated carbocycles. The van der Waals surface area contributed by atoms with Crippen LogP contribution in [0.1, 0.15) is 147 Å². The van der Waals surface area contributed by atoms with Gasteiger partial charge in [-0.3, -0.25) is 58.8 Å². The predicted octanol–water partition coefficient (Wildman–Crippen LogP) is 3.29. The molecule has 22 heteroatoms. The number of hydrogen-bond donors (Lipinski definition) is 8. The Morgan fingerprint density at radius 2 is 0.914 bits per heavy atom. The molecule has 10 amide bonds. The number of nitrogens with zero attached hydrogens (tertiary/aromatic N) is 2. The molecule has 2 fully saturated rings. The molecule has 0 bridgehead atoms. The van der Waals surface area contributed by atoms with E-state index in [9.17, 15) is 47.9 Å². The normalized spacial score (nSPS) is 17.5. The van der Waals surface area contributed by atoms with Gasteiger partial charge < -0.3 is 42.2 Å². The summed E-state index contributed by atoms with van der Waals surface area (Å²) in [4.78, 5) is 123. The highest BCUT2D eigenvalue weighted by Crippen LogP contribution is 2.34. The van der Waals surface area contributed by atoms with Crippen molar-refractivity contribution in [2.45, 2.75) is 129 Å². The maximum Gasteiger partial charge on any atom is 0.407 e. The van der Waals surface area contributed by atoms with Crippen LogP contribution in [0, 0.1) is 0 Å². The Hall–Kier alpha value is -6.94. The van der Waals surface area contributed by atoms with Crippen molar-refractivity contribution in [3.63, 3.8) is 0 Å². The molecule has 0 radical (unpaired) electrons. The smallest absolute Gasteiger partial charge is 0.407 e. The lowest BCUT2D eigenvalue weighted by Crippen LogP contribution is -2.54. The first kappa shape index (κ1) is 55.7. The number of alkyl carbamates (subject to hydrolysis) is 2. The lowest BCUT2D eigenvalue weighted by molar-refractivity contribution is -0.137. The highest BCUT2D eigenvalue weighted by molar-refractivity contribution is 6.26. The highest BCUT2D eigenvalue weighted by Gasteiger charge is 2.47. The monoisotopic (exact) mass is 977 g/mol. The zero-order valence-electron chi connectivity index (χ0n) is 40.9. The van der Waals surface area contributed by atoms with Gasteiger partial charge >= 0.3 is 12.2 Å². The fourth-order valence-corrected chi connectivity index (χ4v) is 7.57. The topological polar surface area (TPSA) is 320 Å². The largest absolute Gasteiger partial charge is 0.444 e. The maximum atomic E-state index is 13.0. The molecule has 4 aliphatic heterocycles. The summed E-state index contributed by atoms with van der Waals surface area (Å²) < 4.78 is 10.2. The first-order valence-electron chi connectivity index (χ1n) is 23.6. The van der Waals surface area contributed by atoms with Crippen LogP contribution in [0.2, 0.25) is 0 Å². The van der Waals surface area contributed by atoms with Gasteiger partial charge in [-0.2, -0.15) is 0 Å². The van der Waals surface area contributed by atoms with Crippen molar-refractivity contribution in [3.8, 4) is 0 Å². The Kier molecular flexibility index (Phi) is 20.4. The SMILES string of the molecule is CC(C)(C)OC(=O)NCCCCN.CC(C)(C)OC(=O)NCCCCNc1cccc2c1C(=O)N(C1CCC(=O)NC1=O)C2=O.NCCCCNc1cccc2c1C(=O)N(C1CCC(=O)NC1=O)C2=O. The molecule has 70 heavy (non-hydrogen) atoms. The summed E-state index contributed by atoms with van der Waals surface area (Å²) in [5, 5.41) is 16.0. The molecule has 4 heterocycles. The summed E-state index contributed by atoms with van der Waals surface area (Å²) in [6.07, 6.45) is 4.55. The van der Waals surface area contributed by atoms with Crippen molar-refractivity contribution in [3.05, 3.63) is 58.7 Å². The van der Waals surface area contributed by atoms with Crippen molar-refractivity contribution >= 4 is 70.8 Å². The first-order chi connectivity index (χ1) is 33.1. The lowest BCUT2D eigenvalue weighted by Gasteiger charge is -2.27. The van der Waals surface area contributed by atoms with E-state index in [-0.39, 0.29) is 59.9 Å². The van der Waals surface area contributed by atoms with Crippen LogP contribution in [0.25, 0.3) is 0 Å². The number of carbonyl (C=O) groups is 10. The minimum Gasteiger partial charge on any atom is -0.444 e. The van der Waals surface area contributed by atoms with E-state index in [0.717, 1.165) is 35.5 Å². The molecule has 0 aromatic heterocycles. The molecule has 6 rings (SSSR count). The number of hydrogen-bond acceptors (Lipinski definition) is 16. The van der Waals surface area contributed by atoms with Crippen LogP contribution in [-0.2, 0) is 28.7 Å². The van der Waals surface area contributed by atoms with Gasteiger partial charge in [0, 0.05) is 50.4 Å². The first-order valence-corrected chi connectivity index (χ1v) is 23.6. The summed E-state index contributed by atoms with van der Waals surface area (Å²) in [6, 6.07) is 8.00. The molecule has 0 aliphatic carbocycles. The van der Waals surface area contributed by atoms with Crippen molar-refractivity contribution in [1.29, 1.82) is 0 Å². The second kappa shape index (κ2) is 25.6. The maximum absolute atomic E-state index is 13.0. The third-order valence-corrected chi connectivity index (χ3v) is 10.8. The van der Waals surface area contributed by atoms with Gasteiger partial charge in [0.15, 0.2) is 0 Å². The van der Waals surface area contributed by atoms with Crippen LogP contribution < -0.4 is 43.4 Å². The number of ether oxygens (including phenoxy) is 2. The van der Waals surface area contributed by atoms with Crippen LogP contribution in [0.15, 0.2) is 36.4 Å². The molecule has 10 N–H and O–H groups in total. The number of nitrogens with one attached hydrogen (secondary N) is 6. The van der Waals surface area contributed by atoms with Gasteiger partial charge in [-0.25, -0.2) is 9.59 Å². The van der Waals surface area contributed by atoms with Crippen LogP contribution >= 0.6 is 0 Å². The minimum atomic E-state index is -0.994. The number of nitrogens with two attached hydrogens (primary N) is 2. The van der Waals surface area contributed by atoms with Gasteiger partial charge in [0.1, 0.15) is 23.3 Å². The second-order valence-electron chi connectivity index (χ2n) is 18.8. The minimum absolute atomic E-state index is 0.0756. The van der Waals surface area contributed by atoms with Gasteiger partial charge in [0.2, 0.25) is 23.6 Å². The number of imide groups is 4. The third kappa shape index (κ3) is 15.8. The molecule has 2 unspecified atom stereocenters. The quantitative estimate of drug-likeness (QED) is 0.0833. The van der Waals surface area contributed by atoms with Crippen LogP contribution in [0.4, 0.5) is 21.0 Å². The number of piperidine rings is 2. The van der Waals surface area contributed by atoms with Crippen molar-refractivity contribution < 1.29 is 57.4 Å². The zero-order chi connectivity index (χ0) is 51.8. The van der Waals surface area contributed by atoms with E-state index in [1.165, 1.54) is 0 Å². The average Bonchev–Trinajstić information content (AvgIpc) is 3.68. The molecule has 4 aliphatic rings. The summed E-state index contributed by atoms with van der Waals surface area (Å²) in [6.45, 7) is 14.4. The van der Waals surface area contributed by atoms with Gasteiger partial charge in [0.25, 0.3) is 23.6 Å². The molecule has 2 atom stereocenters. The molecule has 2 aromatic rings. The van der Waals surface area contributed by atoms with Crippen LogP contribution in [0.3, 0.4) is 0 Å². The van der Waals surface area contributed by atoms with Gasteiger partial charge in [0.05, 0.1) is 22.3 Å². The van der Waals surface area contributed by atoms with E-state index >= 15 is 0 Å². The number of rotatable bonds is 17. The molecular formula is C48H68N10O12. The Labute approximate surface area is 407 Å². The van der Waals surface area contributed by atoms with E-state index in [4.69, 9.17) is 20.9 Å². The number of unbranched alkanes of at least 4 members (excludes halogenated alkanes) is 3. The summed E-state index contributed by atoms with van der Waals surface area (Å²) in [5.74, 6) is -4.13. The van der Waals surface area contributed by atoms with Gasteiger partial charge in [-0.15, -0.1) is 0 Å². The molecule has 2 saturated heterocycles. The van der Waals surface area contributed by atoms with Crippen molar-refractivity contribution in [2.24, 2.45) is 11.5 Å². The van der Waals surface area contributed by atoms with Crippen molar-refractivity contribution in [1.82, 2.24) is 31.1 Å². The zero-order valence-corrected chi connectivity index (χ0v) is 40.9. The van der Waals surface area contributed by atoms with Crippen LogP contribution in [0.5, 0.6) is 0 Å². The van der Waals surface area contributed by atoms with Crippen LogP contribution in [-0.4, -0.2) is 132 Å². The van der Waals surface area contributed by atoms with E-state index in [0.29, 0.717) is 63.5 Å². The Morgan fingerprint density at radius 3 is 1.27 bits per heavy atom. The Balaban J connectivity index is 0.000000249. The standard InChI is InChI=1S/C22H28N4O6.C17H20N4O4.C9H20N2O2/c1-22(2,3)32-21(31)24-12-5-4-11-23-14-8-6-7-13-17(14)20(30)26(19(13)29)15-9-10-16(27)25-18(15)28;18-8-1-2-9-19-11-5-3-4-10-14(11)17(25)21(16(10)24)12-6-7-13(22)20-15(12)23;1-9(2,3)13-8(12)11-7-5-4-6-10/h6-8,15,23H,4-5,9-12H2,1-3H3,(H,24,31)(H,25,27,28);3-5,12,19H,1-2,6-9,18H2,(H,20,22,23);4-7,10H2,1-3H3,(H,11,12). The van der Waals surface area contributed by atoms with Gasteiger partial charge in [-0.05, 0) is 130 Å². The van der Waals surface area contributed by atoms with Gasteiger partial charge in [-0.1, -0.05) is 12.1 Å². The summed E-state index contributed by atoms with van der Waals surface area (Å²) >= 11 is 0. The Morgan fingerprint density at radius 1 is 0.557 bits per heavy atom. The molecule has 382 valence electrons. The molecular weight excluding hydrogens is 909 g/mol. The fraction of sp³-hybridized carbons (Fsp3) is 0.542. The molecule has 0 spiro atoms. The predicted molar refractivity (Wildman–Crippen MR) is 257 cm³/mol. The molecule has 2 aromatic carbocycles. The summed E-state index contributed by atoms with van der Waals surface area (Å²) in [5.41, 5.74) is 11.9. The average molecular weight is 977 g/mol. The number of benzene rings is 2. The number of fused-ring (bicyclic) bond motifs is 2. The van der Waals surface area contributed by atoms with E-state index < -0.39 is 70.7 Å². The number of amides is 10. The molecule has 22 nitrogen and oxygen atoms in total. The fourth-order valence-electron chi connectivity index (χ4n) is 7.57. The van der Waals surface area contributed by atoms with E-state index in [2.05, 4.69) is 31.9 Å². The Bertz CT molecular complexity index is 2290. The number of anilines is 2. The third-order valence-electron chi connectivity index (χ3n) is 10.8. The van der Waals surface area contributed by atoms with E-state index in [1.54, 1.807) is 57.2 Å². The number of carbonyl (C=O) groups excluding carboxylic acids is 10. The van der Waals surface area contributed by atoms with E-state index in [1.807, 2.05) is 20.8 Å². The van der Waals surface area contributed by atoms with Crippen molar-refractivity contribution in [2.75, 3.05) is 49.9 Å². The highest BCUT2D eigenvalue weighted by atomic mass is 16.6. The second-order valence-corrected chi connectivity index (χ2v) is 18.8. The lowest BCUT2D eigenvalue weighted by atomic mass is 10.0. The summed E-state index contributed by atoms with van der Waals surface area (Å²) in [7, 11) is 0.